The van der Waals surface area contributed by atoms with Crippen LogP contribution in [0.2, 0.25) is 0 Å². The molecule has 0 saturated carbocycles. The first-order valence-electron chi connectivity index (χ1n) is 6.31. The van der Waals surface area contributed by atoms with Crippen LogP contribution in [0.3, 0.4) is 0 Å². The molecule has 3 N–H and O–H groups in total. The molecule has 0 aliphatic carbocycles. The summed E-state index contributed by atoms with van der Waals surface area (Å²) in [6.07, 6.45) is 5.98. The molecule has 2 fully saturated rings. The van der Waals surface area contributed by atoms with E-state index in [0.717, 1.165) is 39.0 Å². The first-order valence-corrected chi connectivity index (χ1v) is 6.31. The Labute approximate surface area is 96.9 Å². The zero-order valence-corrected chi connectivity index (χ0v) is 9.82. The highest BCUT2D eigenvalue weighted by Gasteiger charge is 2.22. The lowest BCUT2D eigenvalue weighted by Crippen LogP contribution is -2.52. The molecule has 2 amide bonds. The van der Waals surface area contributed by atoms with Gasteiger partial charge in [0.1, 0.15) is 0 Å². The molecule has 0 aromatic rings. The lowest BCUT2D eigenvalue weighted by Gasteiger charge is -2.36. The van der Waals surface area contributed by atoms with E-state index >= 15 is 0 Å². The third-order valence-corrected chi connectivity index (χ3v) is 3.53. The maximum Gasteiger partial charge on any atom is 0.314 e. The van der Waals surface area contributed by atoms with Gasteiger partial charge in [-0.3, -0.25) is 5.43 Å². The molecule has 2 rings (SSSR count). The minimum absolute atomic E-state index is 0.281. The van der Waals surface area contributed by atoms with E-state index in [9.17, 15) is 4.79 Å². The van der Waals surface area contributed by atoms with E-state index in [1.165, 1.54) is 19.3 Å². The van der Waals surface area contributed by atoms with Crippen molar-refractivity contribution < 1.29 is 4.79 Å². The van der Waals surface area contributed by atoms with Crippen LogP contribution in [0.15, 0.2) is 0 Å². The summed E-state index contributed by atoms with van der Waals surface area (Å²) >= 11 is 0. The Morgan fingerprint density at radius 1 is 1.06 bits per heavy atom. The Hall–Kier alpha value is -0.810. The highest BCUT2D eigenvalue weighted by Crippen LogP contribution is 2.12. The minimum atomic E-state index is -0.281. The number of piperidine rings is 2. The molecule has 0 unspecified atom stereocenters. The molecule has 2 saturated heterocycles. The highest BCUT2D eigenvalue weighted by atomic mass is 16.2. The summed E-state index contributed by atoms with van der Waals surface area (Å²) < 4.78 is 0. The van der Waals surface area contributed by atoms with Crippen LogP contribution in [0.5, 0.6) is 0 Å². The molecular weight excluding hydrogens is 204 g/mol. The lowest BCUT2D eigenvalue weighted by atomic mass is 10.1. The second-order valence-corrected chi connectivity index (χ2v) is 4.78. The monoisotopic (exact) mass is 226 g/mol. The summed E-state index contributed by atoms with van der Waals surface area (Å²) in [5, 5.41) is 2.34. The number of nitrogens with one attached hydrogen (secondary N) is 1. The number of nitrogens with two attached hydrogens (primary N) is 1. The van der Waals surface area contributed by atoms with Crippen molar-refractivity contribution >= 4 is 6.03 Å². The Balaban J connectivity index is 1.70. The maximum absolute atomic E-state index is 11.0. The zero-order valence-electron chi connectivity index (χ0n) is 9.82. The molecule has 0 atom stereocenters. The largest absolute Gasteiger partial charge is 0.351 e. The van der Waals surface area contributed by atoms with Crippen LogP contribution in [-0.2, 0) is 0 Å². The SMILES string of the molecule is NC(=O)N1CCC(NN2CCCCC2)CC1. The van der Waals surface area contributed by atoms with Crippen molar-refractivity contribution in [3.8, 4) is 0 Å². The Kier molecular flexibility index (Phi) is 4.01. The predicted molar refractivity (Wildman–Crippen MR) is 62.7 cm³/mol. The van der Waals surface area contributed by atoms with E-state index in [1.54, 1.807) is 4.90 Å². The van der Waals surface area contributed by atoms with E-state index in [2.05, 4.69) is 10.4 Å². The molecule has 2 heterocycles. The van der Waals surface area contributed by atoms with Gasteiger partial charge in [-0.05, 0) is 25.7 Å². The van der Waals surface area contributed by atoms with Crippen LogP contribution < -0.4 is 11.2 Å². The number of hydrazine groups is 1. The number of likely N-dealkylation sites (tertiary alicyclic amines) is 1. The number of rotatable bonds is 2. The van der Waals surface area contributed by atoms with Gasteiger partial charge in [-0.15, -0.1) is 0 Å². The Morgan fingerprint density at radius 3 is 2.25 bits per heavy atom. The quantitative estimate of drug-likeness (QED) is 0.721. The lowest BCUT2D eigenvalue weighted by molar-refractivity contribution is 0.101. The van der Waals surface area contributed by atoms with Gasteiger partial charge >= 0.3 is 6.03 Å². The first-order chi connectivity index (χ1) is 7.75. The molecule has 0 radical (unpaired) electrons. The summed E-state index contributed by atoms with van der Waals surface area (Å²) in [5.74, 6) is 0. The number of urea groups is 1. The zero-order chi connectivity index (χ0) is 11.4. The molecule has 5 nitrogen and oxygen atoms in total. The molecule has 0 bridgehead atoms. The third kappa shape index (κ3) is 3.09. The van der Waals surface area contributed by atoms with Crippen molar-refractivity contribution in [2.75, 3.05) is 26.2 Å². The first kappa shape index (κ1) is 11.7. The van der Waals surface area contributed by atoms with Crippen molar-refractivity contribution in [2.24, 2.45) is 5.73 Å². The van der Waals surface area contributed by atoms with Crippen LogP contribution in [0, 0.1) is 0 Å². The van der Waals surface area contributed by atoms with Gasteiger partial charge in [0.25, 0.3) is 0 Å². The molecule has 0 spiro atoms. The van der Waals surface area contributed by atoms with Gasteiger partial charge in [0.15, 0.2) is 0 Å². The van der Waals surface area contributed by atoms with Gasteiger partial charge in [-0.2, -0.15) is 0 Å². The molecule has 16 heavy (non-hydrogen) atoms. The number of primary amides is 1. The average Bonchev–Trinajstić information content (AvgIpc) is 2.31. The molecule has 0 aromatic heterocycles. The van der Waals surface area contributed by atoms with Gasteiger partial charge in [0.2, 0.25) is 0 Å². The minimum Gasteiger partial charge on any atom is -0.351 e. The molecular formula is C11H22N4O. The van der Waals surface area contributed by atoms with Gasteiger partial charge in [-0.25, -0.2) is 9.80 Å². The van der Waals surface area contributed by atoms with Crippen LogP contribution in [0.4, 0.5) is 4.79 Å². The molecule has 92 valence electrons. The predicted octanol–water partition coefficient (Wildman–Crippen LogP) is 0.520. The summed E-state index contributed by atoms with van der Waals surface area (Å²) in [4.78, 5) is 12.7. The van der Waals surface area contributed by atoms with Gasteiger partial charge < -0.3 is 10.6 Å². The maximum atomic E-state index is 11.0. The van der Waals surface area contributed by atoms with E-state index in [0.29, 0.717) is 6.04 Å². The van der Waals surface area contributed by atoms with Crippen molar-refractivity contribution in [3.05, 3.63) is 0 Å². The smallest absolute Gasteiger partial charge is 0.314 e. The summed E-state index contributed by atoms with van der Waals surface area (Å²) in [5.41, 5.74) is 8.82. The third-order valence-electron chi connectivity index (χ3n) is 3.53. The highest BCUT2D eigenvalue weighted by molar-refractivity contribution is 5.72. The Bertz CT molecular complexity index is 232. The number of hydrogen-bond acceptors (Lipinski definition) is 3. The number of nitrogens with zero attached hydrogens (tertiary/aromatic N) is 2. The van der Waals surface area contributed by atoms with Gasteiger partial charge in [0.05, 0.1) is 0 Å². The van der Waals surface area contributed by atoms with Gasteiger partial charge in [0, 0.05) is 32.2 Å². The van der Waals surface area contributed by atoms with E-state index in [1.807, 2.05) is 0 Å². The van der Waals surface area contributed by atoms with Crippen molar-refractivity contribution in [3.63, 3.8) is 0 Å². The second kappa shape index (κ2) is 5.50. The molecule has 0 aromatic carbocycles. The number of carbonyl (C=O) groups excluding carboxylic acids is 1. The van der Waals surface area contributed by atoms with E-state index in [-0.39, 0.29) is 6.03 Å². The van der Waals surface area contributed by atoms with Crippen molar-refractivity contribution in [2.45, 2.75) is 38.1 Å². The fourth-order valence-electron chi connectivity index (χ4n) is 2.51. The average molecular weight is 226 g/mol. The van der Waals surface area contributed by atoms with Crippen LogP contribution in [0.25, 0.3) is 0 Å². The number of hydrogen-bond donors (Lipinski definition) is 2. The van der Waals surface area contributed by atoms with E-state index < -0.39 is 0 Å². The fraction of sp³-hybridized carbons (Fsp3) is 0.909. The normalized spacial score (nSPS) is 24.6. The number of carbonyl (C=O) groups is 1. The van der Waals surface area contributed by atoms with Crippen LogP contribution in [0.1, 0.15) is 32.1 Å². The van der Waals surface area contributed by atoms with Gasteiger partial charge in [-0.1, -0.05) is 6.42 Å². The second-order valence-electron chi connectivity index (χ2n) is 4.78. The topological polar surface area (TPSA) is 61.6 Å². The van der Waals surface area contributed by atoms with Crippen LogP contribution >= 0.6 is 0 Å². The standard InChI is InChI=1S/C11H22N4O/c12-11(16)14-8-4-10(5-9-14)13-15-6-2-1-3-7-15/h10,13H,1-9H2,(H2,12,16). The summed E-state index contributed by atoms with van der Waals surface area (Å²) in [6.45, 7) is 3.91. The summed E-state index contributed by atoms with van der Waals surface area (Å²) in [7, 11) is 0. The van der Waals surface area contributed by atoms with Crippen LogP contribution in [-0.4, -0.2) is 48.2 Å². The molecule has 2 aliphatic rings. The Morgan fingerprint density at radius 2 is 1.69 bits per heavy atom. The summed E-state index contributed by atoms with van der Waals surface area (Å²) in [6, 6.07) is 0.241. The van der Waals surface area contributed by atoms with E-state index in [4.69, 9.17) is 5.73 Å². The molecule has 5 heteroatoms. The van der Waals surface area contributed by atoms with Crippen molar-refractivity contribution in [1.82, 2.24) is 15.3 Å². The number of amides is 2. The van der Waals surface area contributed by atoms with Crippen molar-refractivity contribution in [1.29, 1.82) is 0 Å². The molecule has 2 aliphatic heterocycles. The fourth-order valence-corrected chi connectivity index (χ4v) is 2.51.